The van der Waals surface area contributed by atoms with E-state index in [0.29, 0.717) is 18.4 Å². The predicted octanol–water partition coefficient (Wildman–Crippen LogP) is 6.94. The van der Waals surface area contributed by atoms with Crippen molar-refractivity contribution in [1.29, 1.82) is 0 Å². The Labute approximate surface area is 256 Å². The first kappa shape index (κ1) is 29.4. The highest BCUT2D eigenvalue weighted by atomic mass is 16.5. The van der Waals surface area contributed by atoms with E-state index < -0.39 is 0 Å². The van der Waals surface area contributed by atoms with Gasteiger partial charge in [0.05, 0.1) is 11.7 Å². The first-order valence-electron chi connectivity index (χ1n) is 16.1. The van der Waals surface area contributed by atoms with Crippen LogP contribution in [0.5, 0.6) is 0 Å². The number of hydrogen-bond donors (Lipinski definition) is 2. The number of hydrogen-bond acceptors (Lipinski definition) is 7. The molecule has 2 N–H and O–H groups in total. The minimum absolute atomic E-state index is 0.342. The maximum absolute atomic E-state index is 6.05. The Balaban J connectivity index is 0.911. The Morgan fingerprint density at radius 2 is 1.74 bits per heavy atom. The highest BCUT2D eigenvalue weighted by molar-refractivity contribution is 5.89. The van der Waals surface area contributed by atoms with Crippen LogP contribution in [-0.4, -0.2) is 43.1 Å². The van der Waals surface area contributed by atoms with Crippen LogP contribution in [0.3, 0.4) is 0 Å². The number of aromatic nitrogens is 2. The molecule has 1 fully saturated rings. The number of allylic oxidation sites excluding steroid dienone is 1. The normalized spacial score (nSPS) is 22.2. The van der Waals surface area contributed by atoms with E-state index in [-0.39, 0.29) is 0 Å². The monoisotopic (exact) mass is 578 g/mol. The number of rotatable bonds is 11. The Bertz CT molecular complexity index is 1470. The van der Waals surface area contributed by atoms with Crippen LogP contribution in [0.1, 0.15) is 69.2 Å². The third kappa shape index (κ3) is 7.27. The smallest absolute Gasteiger partial charge is 0.189 e. The molecule has 0 spiro atoms. The molecule has 7 heteroatoms. The van der Waals surface area contributed by atoms with Crippen LogP contribution in [0, 0.1) is 17.8 Å². The second-order valence-corrected chi connectivity index (χ2v) is 12.8. The summed E-state index contributed by atoms with van der Waals surface area (Å²) in [6.45, 7) is 4.87. The molecule has 1 aromatic heterocycles. The van der Waals surface area contributed by atoms with Crippen molar-refractivity contribution in [2.24, 2.45) is 22.7 Å². The number of para-hydroxylation sites is 1. The zero-order chi connectivity index (χ0) is 29.6. The van der Waals surface area contributed by atoms with Crippen LogP contribution in [0.15, 0.2) is 83.3 Å². The van der Waals surface area contributed by atoms with Crippen molar-refractivity contribution >= 4 is 22.6 Å². The summed E-state index contributed by atoms with van der Waals surface area (Å²) < 4.78 is 6.05. The minimum atomic E-state index is 0.342. The third-order valence-corrected chi connectivity index (χ3v) is 9.42. The van der Waals surface area contributed by atoms with E-state index in [1.807, 2.05) is 24.4 Å². The van der Waals surface area contributed by atoms with Gasteiger partial charge in [-0.05, 0) is 67.3 Å². The first-order valence-corrected chi connectivity index (χ1v) is 16.1. The summed E-state index contributed by atoms with van der Waals surface area (Å²) in [4.78, 5) is 16.6. The molecule has 2 aliphatic heterocycles. The van der Waals surface area contributed by atoms with Gasteiger partial charge >= 0.3 is 0 Å². The van der Waals surface area contributed by atoms with Gasteiger partial charge in [-0.2, -0.15) is 0 Å². The van der Waals surface area contributed by atoms with E-state index in [2.05, 4.69) is 84.1 Å². The fourth-order valence-electron chi connectivity index (χ4n) is 6.72. The Kier molecular flexibility index (Phi) is 9.37. The van der Waals surface area contributed by atoms with E-state index in [1.165, 1.54) is 48.9 Å². The molecule has 2 atom stereocenters. The number of benzene rings is 2. The number of aliphatic imine (C=N–C) groups is 1. The van der Waals surface area contributed by atoms with Gasteiger partial charge in [-0.1, -0.05) is 62.2 Å². The first-order chi connectivity index (χ1) is 21.0. The van der Waals surface area contributed by atoms with E-state index in [9.17, 15) is 0 Å². The van der Waals surface area contributed by atoms with Gasteiger partial charge in [0.1, 0.15) is 18.2 Å². The van der Waals surface area contributed by atoms with Crippen molar-refractivity contribution in [2.45, 2.75) is 64.4 Å². The van der Waals surface area contributed by atoms with E-state index >= 15 is 0 Å². The highest BCUT2D eigenvalue weighted by Gasteiger charge is 2.29. The Morgan fingerprint density at radius 1 is 0.977 bits per heavy atom. The average Bonchev–Trinajstić information content (AvgIpc) is 3.45. The standard InChI is InChI=1S/C36H46N6O/c1-25(35-40-32-12-8-7-11-30(32)36(41-35)42(2)3)13-14-26-15-17-27(18-16-26)20-37-21-29-22-38-33-23-39-34(19-31(29)33)43-24-28-9-5-4-6-10-28/h4-12,22-23,25-27,31,37-38H,13-21,24H2,1-3H3/t25-,26?,27?,31?/m0/s1. The van der Waals surface area contributed by atoms with Gasteiger partial charge in [0.25, 0.3) is 0 Å². The number of fused-ring (bicyclic) bond motifs is 2. The molecule has 3 heterocycles. The van der Waals surface area contributed by atoms with Crippen molar-refractivity contribution in [1.82, 2.24) is 20.6 Å². The van der Waals surface area contributed by atoms with Crippen LogP contribution in [0.25, 0.3) is 10.9 Å². The number of ether oxygens (including phenoxy) is 1. The van der Waals surface area contributed by atoms with Gasteiger partial charge in [0.15, 0.2) is 5.90 Å². The molecule has 6 rings (SSSR count). The average molecular weight is 579 g/mol. The van der Waals surface area contributed by atoms with Gasteiger partial charge in [-0.3, -0.25) is 0 Å². The summed E-state index contributed by atoms with van der Waals surface area (Å²) in [5, 5.41) is 8.34. The molecule has 0 saturated heterocycles. The molecule has 0 bridgehead atoms. The van der Waals surface area contributed by atoms with Gasteiger partial charge in [0.2, 0.25) is 0 Å². The predicted molar refractivity (Wildman–Crippen MR) is 176 cm³/mol. The quantitative estimate of drug-likeness (QED) is 0.257. The molecule has 0 amide bonds. The van der Waals surface area contributed by atoms with Crippen molar-refractivity contribution in [3.8, 4) is 0 Å². The summed E-state index contributed by atoms with van der Waals surface area (Å²) in [7, 11) is 4.13. The zero-order valence-electron chi connectivity index (χ0n) is 25.9. The van der Waals surface area contributed by atoms with E-state index in [1.54, 1.807) is 0 Å². The van der Waals surface area contributed by atoms with E-state index in [4.69, 9.17) is 14.7 Å². The fraction of sp³-hybridized carbons (Fsp3) is 0.472. The summed E-state index contributed by atoms with van der Waals surface area (Å²) in [5.74, 6) is 5.11. The fourth-order valence-corrected chi connectivity index (χ4v) is 6.72. The molecule has 1 aliphatic carbocycles. The van der Waals surface area contributed by atoms with Gasteiger partial charge in [-0.15, -0.1) is 0 Å². The largest absolute Gasteiger partial charge is 0.476 e. The SMILES string of the molecule is C[C@@H](CCC1CCC(CNCC2=CNC3=CN=C(OCc4ccccc4)CC23)CC1)c1nc(N(C)C)c2ccccc2n1. The second kappa shape index (κ2) is 13.7. The summed E-state index contributed by atoms with van der Waals surface area (Å²) in [5.41, 5.74) is 4.80. The van der Waals surface area contributed by atoms with Crippen LogP contribution < -0.4 is 15.5 Å². The van der Waals surface area contributed by atoms with Crippen molar-refractivity contribution in [3.63, 3.8) is 0 Å². The number of nitrogens with zero attached hydrogens (tertiary/aromatic N) is 4. The van der Waals surface area contributed by atoms with Crippen LogP contribution in [0.2, 0.25) is 0 Å². The molecular formula is C36H46N6O. The summed E-state index contributed by atoms with van der Waals surface area (Å²) in [6, 6.07) is 18.7. The molecule has 3 aliphatic rings. The molecule has 3 aromatic rings. The van der Waals surface area contributed by atoms with Crippen LogP contribution in [0.4, 0.5) is 5.82 Å². The maximum Gasteiger partial charge on any atom is 0.189 e. The lowest BCUT2D eigenvalue weighted by atomic mass is 9.79. The molecule has 0 radical (unpaired) electrons. The van der Waals surface area contributed by atoms with Gasteiger partial charge in [-0.25, -0.2) is 15.0 Å². The highest BCUT2D eigenvalue weighted by Crippen LogP contribution is 2.35. The molecule has 226 valence electrons. The van der Waals surface area contributed by atoms with Gasteiger partial charge < -0.3 is 20.3 Å². The Morgan fingerprint density at radius 3 is 2.56 bits per heavy atom. The van der Waals surface area contributed by atoms with Crippen LogP contribution in [-0.2, 0) is 11.3 Å². The van der Waals surface area contributed by atoms with Gasteiger partial charge in [0, 0.05) is 56.2 Å². The molecular weight excluding hydrogens is 532 g/mol. The molecule has 2 aromatic carbocycles. The number of nitrogens with one attached hydrogen (secondary N) is 2. The second-order valence-electron chi connectivity index (χ2n) is 12.8. The molecule has 7 nitrogen and oxygen atoms in total. The lowest BCUT2D eigenvalue weighted by Crippen LogP contribution is -2.29. The topological polar surface area (TPSA) is 74.7 Å². The zero-order valence-corrected chi connectivity index (χ0v) is 25.9. The molecule has 43 heavy (non-hydrogen) atoms. The molecule has 1 unspecified atom stereocenters. The lowest BCUT2D eigenvalue weighted by molar-refractivity contribution is 0.251. The summed E-state index contributed by atoms with van der Waals surface area (Å²) in [6.07, 6.45) is 12.6. The van der Waals surface area contributed by atoms with Crippen molar-refractivity contribution < 1.29 is 4.74 Å². The minimum Gasteiger partial charge on any atom is -0.476 e. The van der Waals surface area contributed by atoms with Crippen molar-refractivity contribution in [3.05, 3.63) is 89.7 Å². The summed E-state index contributed by atoms with van der Waals surface area (Å²) >= 11 is 0. The lowest BCUT2D eigenvalue weighted by Gasteiger charge is -2.29. The van der Waals surface area contributed by atoms with E-state index in [0.717, 1.165) is 66.2 Å². The third-order valence-electron chi connectivity index (χ3n) is 9.42. The maximum atomic E-state index is 6.05. The molecule has 1 saturated carbocycles. The number of anilines is 1. The van der Waals surface area contributed by atoms with Crippen LogP contribution >= 0.6 is 0 Å². The van der Waals surface area contributed by atoms with Crippen molar-refractivity contribution in [2.75, 3.05) is 32.1 Å². The Hall–Kier alpha value is -3.71.